The normalized spacial score (nSPS) is 14.3. The average Bonchev–Trinajstić information content (AvgIpc) is 3.27. The van der Waals surface area contributed by atoms with Crippen LogP contribution < -0.4 is 9.64 Å². The maximum Gasteiger partial charge on any atom is 0.162 e. The highest BCUT2D eigenvalue weighted by atomic mass is 16.5. The van der Waals surface area contributed by atoms with Gasteiger partial charge >= 0.3 is 0 Å². The fourth-order valence-electron chi connectivity index (χ4n) is 3.53. The molecule has 0 spiro atoms. The largest absolute Gasteiger partial charge is 0.489 e. The Bertz CT molecular complexity index is 1100. The number of nitrogens with one attached hydrogen (secondary N) is 1. The van der Waals surface area contributed by atoms with Crippen molar-refractivity contribution in [2.45, 2.75) is 6.61 Å². The minimum absolute atomic E-state index is 0.529. The van der Waals surface area contributed by atoms with Crippen LogP contribution in [-0.2, 0) is 11.3 Å². The minimum atomic E-state index is 0.529. The number of rotatable bonds is 5. The molecular weight excluding hydrogens is 364 g/mol. The Morgan fingerprint density at radius 2 is 1.83 bits per heavy atom. The highest BCUT2D eigenvalue weighted by Gasteiger charge is 2.18. The third kappa shape index (κ3) is 3.79. The van der Waals surface area contributed by atoms with Gasteiger partial charge in [-0.05, 0) is 23.8 Å². The summed E-state index contributed by atoms with van der Waals surface area (Å²) in [4.78, 5) is 15.2. The van der Waals surface area contributed by atoms with Gasteiger partial charge in [-0.1, -0.05) is 42.5 Å². The van der Waals surface area contributed by atoms with Crippen molar-refractivity contribution in [1.29, 1.82) is 0 Å². The van der Waals surface area contributed by atoms with Gasteiger partial charge in [0.15, 0.2) is 11.6 Å². The van der Waals surface area contributed by atoms with Gasteiger partial charge in [0, 0.05) is 24.8 Å². The number of aromatic amines is 1. The molecule has 146 valence electrons. The molecule has 0 unspecified atom stereocenters. The van der Waals surface area contributed by atoms with Crippen LogP contribution in [0.2, 0.25) is 0 Å². The van der Waals surface area contributed by atoms with Crippen molar-refractivity contribution in [3.63, 3.8) is 0 Å². The van der Waals surface area contributed by atoms with Gasteiger partial charge in [0.05, 0.1) is 18.7 Å². The van der Waals surface area contributed by atoms with Crippen LogP contribution in [0.15, 0.2) is 66.9 Å². The lowest BCUT2D eigenvalue weighted by molar-refractivity contribution is 0.122. The molecule has 0 aliphatic carbocycles. The molecule has 4 aromatic rings. The number of benzene rings is 2. The lowest BCUT2D eigenvalue weighted by Gasteiger charge is -2.28. The van der Waals surface area contributed by atoms with Crippen LogP contribution in [0.3, 0.4) is 0 Å². The van der Waals surface area contributed by atoms with Gasteiger partial charge in [-0.3, -0.25) is 0 Å². The molecule has 1 aliphatic heterocycles. The summed E-state index contributed by atoms with van der Waals surface area (Å²) in [6.07, 6.45) is 1.91. The number of ether oxygens (including phenoxy) is 2. The molecule has 3 heterocycles. The number of hydrogen-bond acceptors (Lipinski definition) is 5. The maximum absolute atomic E-state index is 5.98. The molecule has 5 rings (SSSR count). The summed E-state index contributed by atoms with van der Waals surface area (Å²) in [5.74, 6) is 2.43. The number of morpholine rings is 1. The van der Waals surface area contributed by atoms with Crippen molar-refractivity contribution in [1.82, 2.24) is 15.0 Å². The highest BCUT2D eigenvalue weighted by molar-refractivity contribution is 5.88. The van der Waals surface area contributed by atoms with E-state index in [0.29, 0.717) is 25.6 Å². The van der Waals surface area contributed by atoms with E-state index in [1.807, 2.05) is 54.7 Å². The van der Waals surface area contributed by atoms with Crippen LogP contribution in [0.25, 0.3) is 22.4 Å². The summed E-state index contributed by atoms with van der Waals surface area (Å²) < 4.78 is 11.5. The van der Waals surface area contributed by atoms with E-state index in [1.165, 1.54) is 0 Å². The fourth-order valence-corrected chi connectivity index (χ4v) is 3.53. The van der Waals surface area contributed by atoms with Crippen LogP contribution in [0.5, 0.6) is 5.75 Å². The second-order valence-electron chi connectivity index (χ2n) is 7.01. The van der Waals surface area contributed by atoms with E-state index in [4.69, 9.17) is 19.4 Å². The first-order chi connectivity index (χ1) is 14.4. The van der Waals surface area contributed by atoms with Crippen molar-refractivity contribution < 1.29 is 9.47 Å². The zero-order valence-electron chi connectivity index (χ0n) is 16.0. The summed E-state index contributed by atoms with van der Waals surface area (Å²) >= 11 is 0. The van der Waals surface area contributed by atoms with Gasteiger partial charge in [-0.15, -0.1) is 0 Å². The summed E-state index contributed by atoms with van der Waals surface area (Å²) in [5, 5.41) is 0. The van der Waals surface area contributed by atoms with Crippen LogP contribution in [0.4, 0.5) is 5.82 Å². The van der Waals surface area contributed by atoms with E-state index < -0.39 is 0 Å². The van der Waals surface area contributed by atoms with E-state index in [0.717, 1.165) is 46.8 Å². The zero-order chi connectivity index (χ0) is 19.5. The Morgan fingerprint density at radius 1 is 0.966 bits per heavy atom. The van der Waals surface area contributed by atoms with Gasteiger partial charge in [0.2, 0.25) is 0 Å². The number of hydrogen-bond donors (Lipinski definition) is 1. The van der Waals surface area contributed by atoms with Crippen LogP contribution in [0, 0.1) is 0 Å². The van der Waals surface area contributed by atoms with Gasteiger partial charge in [-0.2, -0.15) is 0 Å². The van der Waals surface area contributed by atoms with Crippen LogP contribution in [0.1, 0.15) is 5.56 Å². The monoisotopic (exact) mass is 386 g/mol. The molecule has 1 saturated heterocycles. The number of H-pyrrole nitrogens is 1. The van der Waals surface area contributed by atoms with Crippen molar-refractivity contribution >= 4 is 16.9 Å². The molecule has 1 aliphatic rings. The molecule has 0 amide bonds. The molecule has 0 bridgehead atoms. The molecule has 0 saturated carbocycles. The van der Waals surface area contributed by atoms with Crippen molar-refractivity contribution in [3.8, 4) is 17.1 Å². The standard InChI is InChI=1S/C23H22N4O2/c1-2-5-17(6-3-1)16-29-19-8-4-7-18(15-19)22-25-20-9-10-24-21(20)23(26-22)27-11-13-28-14-12-27/h1-10,15,24H,11-14,16H2. The molecule has 6 heteroatoms. The molecule has 0 radical (unpaired) electrons. The highest BCUT2D eigenvalue weighted by Crippen LogP contribution is 2.29. The molecule has 0 atom stereocenters. The topological polar surface area (TPSA) is 63.3 Å². The zero-order valence-corrected chi connectivity index (χ0v) is 16.0. The Hall–Kier alpha value is -3.38. The van der Waals surface area contributed by atoms with E-state index in [9.17, 15) is 0 Å². The number of anilines is 1. The maximum atomic E-state index is 5.98. The van der Waals surface area contributed by atoms with Crippen molar-refractivity contribution in [3.05, 3.63) is 72.4 Å². The van der Waals surface area contributed by atoms with Crippen molar-refractivity contribution in [2.75, 3.05) is 31.2 Å². The third-order valence-corrected chi connectivity index (χ3v) is 5.04. The fraction of sp³-hybridized carbons (Fsp3) is 0.217. The quantitative estimate of drug-likeness (QED) is 0.561. The Morgan fingerprint density at radius 3 is 2.69 bits per heavy atom. The first kappa shape index (κ1) is 17.7. The number of nitrogens with zero attached hydrogens (tertiary/aromatic N) is 3. The van der Waals surface area contributed by atoms with Gasteiger partial charge < -0.3 is 19.4 Å². The van der Waals surface area contributed by atoms with E-state index in [2.05, 4.69) is 22.0 Å². The predicted molar refractivity (Wildman–Crippen MR) is 113 cm³/mol. The molecule has 6 nitrogen and oxygen atoms in total. The lowest BCUT2D eigenvalue weighted by Crippen LogP contribution is -2.37. The van der Waals surface area contributed by atoms with Crippen LogP contribution in [-0.4, -0.2) is 41.3 Å². The van der Waals surface area contributed by atoms with Gasteiger partial charge in [0.25, 0.3) is 0 Å². The molecule has 29 heavy (non-hydrogen) atoms. The summed E-state index contributed by atoms with van der Waals surface area (Å²) in [6.45, 7) is 3.60. The minimum Gasteiger partial charge on any atom is -0.489 e. The van der Waals surface area contributed by atoms with Crippen molar-refractivity contribution in [2.24, 2.45) is 0 Å². The Kier molecular flexibility index (Phi) is 4.84. The first-order valence-electron chi connectivity index (χ1n) is 9.82. The Labute approximate surface area is 169 Å². The van der Waals surface area contributed by atoms with Gasteiger partial charge in [0.1, 0.15) is 17.9 Å². The molecule has 1 N–H and O–H groups in total. The smallest absolute Gasteiger partial charge is 0.162 e. The lowest BCUT2D eigenvalue weighted by atomic mass is 10.2. The molecule has 1 fully saturated rings. The number of aromatic nitrogens is 3. The van der Waals surface area contributed by atoms with Gasteiger partial charge in [-0.25, -0.2) is 9.97 Å². The average molecular weight is 386 g/mol. The summed E-state index contributed by atoms with van der Waals surface area (Å²) in [5.41, 5.74) is 3.95. The molecular formula is C23H22N4O2. The predicted octanol–water partition coefficient (Wildman–Crippen LogP) is 4.04. The second-order valence-corrected chi connectivity index (χ2v) is 7.01. The molecule has 2 aromatic heterocycles. The van der Waals surface area contributed by atoms with Crippen LogP contribution >= 0.6 is 0 Å². The Balaban J connectivity index is 1.46. The first-order valence-corrected chi connectivity index (χ1v) is 9.82. The third-order valence-electron chi connectivity index (χ3n) is 5.04. The molecule has 2 aromatic carbocycles. The summed E-state index contributed by atoms with van der Waals surface area (Å²) in [6, 6.07) is 20.1. The second kappa shape index (κ2) is 7.93. The summed E-state index contributed by atoms with van der Waals surface area (Å²) in [7, 11) is 0. The number of fused-ring (bicyclic) bond motifs is 1. The van der Waals surface area contributed by atoms with E-state index in [1.54, 1.807) is 0 Å². The van der Waals surface area contributed by atoms with E-state index in [-0.39, 0.29) is 0 Å². The SMILES string of the molecule is c1ccc(COc2cccc(-c3nc(N4CCOCC4)c4[nH]ccc4n3)c2)cc1. The van der Waals surface area contributed by atoms with E-state index >= 15 is 0 Å².